The number of hydroxylamine groups is 2. The number of carbonyl (C=O) groups is 3. The Balaban J connectivity index is 2.15. The van der Waals surface area contributed by atoms with E-state index in [9.17, 15) is 14.4 Å². The molecule has 1 saturated heterocycles. The fourth-order valence-electron chi connectivity index (χ4n) is 2.01. The maximum absolute atomic E-state index is 12.0. The van der Waals surface area contributed by atoms with Gasteiger partial charge >= 0.3 is 5.97 Å². The van der Waals surface area contributed by atoms with E-state index in [1.807, 2.05) is 24.3 Å². The van der Waals surface area contributed by atoms with Crippen LogP contribution in [-0.2, 0) is 24.0 Å². The average molecular weight is 382 g/mol. The van der Waals surface area contributed by atoms with Crippen molar-refractivity contribution in [2.24, 2.45) is 0 Å². The van der Waals surface area contributed by atoms with E-state index in [2.05, 4.69) is 15.9 Å². The summed E-state index contributed by atoms with van der Waals surface area (Å²) in [5.41, 5.74) is 0.988. The molecule has 2 amide bonds. The second-order valence-electron chi connectivity index (χ2n) is 4.80. The van der Waals surface area contributed by atoms with Gasteiger partial charge in [0, 0.05) is 17.3 Å². The Morgan fingerprint density at radius 1 is 1.30 bits per heavy atom. The molecule has 0 saturated carbocycles. The van der Waals surface area contributed by atoms with E-state index in [-0.39, 0.29) is 31.6 Å². The second-order valence-corrected chi connectivity index (χ2v) is 5.72. The number of hydrogen-bond donors (Lipinski definition) is 0. The topological polar surface area (TPSA) is 72.9 Å². The first kappa shape index (κ1) is 17.4. The van der Waals surface area contributed by atoms with E-state index in [1.165, 1.54) is 0 Å². The van der Waals surface area contributed by atoms with Crippen molar-refractivity contribution in [3.8, 4) is 0 Å². The lowest BCUT2D eigenvalue weighted by molar-refractivity contribution is -0.185. The minimum atomic E-state index is -0.549. The fourth-order valence-corrected chi connectivity index (χ4v) is 2.43. The van der Waals surface area contributed by atoms with Crippen molar-refractivity contribution in [3.63, 3.8) is 0 Å². The van der Waals surface area contributed by atoms with Crippen molar-refractivity contribution in [2.75, 3.05) is 13.2 Å². The number of benzene rings is 1. The zero-order chi connectivity index (χ0) is 16.8. The van der Waals surface area contributed by atoms with Crippen LogP contribution in [0.1, 0.15) is 25.3 Å². The van der Waals surface area contributed by atoms with E-state index >= 15 is 0 Å². The standard InChI is InChI=1S/C16H16BrNO5/c1-2-22-16(21)12(8-11-4-3-5-13(17)9-11)10-23-18-14(19)6-7-15(18)20/h3-5,8-9H,2,6-7,10H2,1H3/b12-8+. The molecule has 0 spiro atoms. The normalized spacial score (nSPS) is 15.2. The summed E-state index contributed by atoms with van der Waals surface area (Å²) in [5, 5.41) is 0.716. The van der Waals surface area contributed by atoms with Crippen LogP contribution in [0.2, 0.25) is 0 Å². The maximum Gasteiger partial charge on any atom is 0.336 e. The molecular formula is C16H16BrNO5. The van der Waals surface area contributed by atoms with E-state index in [1.54, 1.807) is 13.0 Å². The maximum atomic E-state index is 12.0. The van der Waals surface area contributed by atoms with Gasteiger partial charge in [0.25, 0.3) is 11.8 Å². The van der Waals surface area contributed by atoms with Crippen LogP contribution < -0.4 is 0 Å². The van der Waals surface area contributed by atoms with Crippen molar-refractivity contribution < 1.29 is 24.0 Å². The van der Waals surface area contributed by atoms with E-state index in [0.29, 0.717) is 5.06 Å². The van der Waals surface area contributed by atoms with Crippen LogP contribution in [0.3, 0.4) is 0 Å². The molecule has 0 atom stereocenters. The molecule has 2 rings (SSSR count). The number of hydrogen-bond acceptors (Lipinski definition) is 5. The molecule has 1 aromatic rings. The third-order valence-electron chi connectivity index (χ3n) is 3.08. The molecule has 0 aromatic heterocycles. The van der Waals surface area contributed by atoms with Crippen molar-refractivity contribution in [3.05, 3.63) is 39.9 Å². The molecule has 1 aliphatic heterocycles. The van der Waals surface area contributed by atoms with Crippen molar-refractivity contribution in [2.45, 2.75) is 19.8 Å². The molecule has 7 heteroatoms. The van der Waals surface area contributed by atoms with Crippen LogP contribution in [0.4, 0.5) is 0 Å². The van der Waals surface area contributed by atoms with Crippen LogP contribution in [0, 0.1) is 0 Å². The summed E-state index contributed by atoms with van der Waals surface area (Å²) in [7, 11) is 0. The highest BCUT2D eigenvalue weighted by atomic mass is 79.9. The van der Waals surface area contributed by atoms with Crippen LogP contribution >= 0.6 is 15.9 Å². The Kier molecular flexibility index (Phi) is 6.06. The number of amides is 2. The van der Waals surface area contributed by atoms with Crippen LogP contribution in [-0.4, -0.2) is 36.1 Å². The number of ether oxygens (including phenoxy) is 1. The molecular weight excluding hydrogens is 366 g/mol. The summed E-state index contributed by atoms with van der Waals surface area (Å²) >= 11 is 3.35. The predicted molar refractivity (Wildman–Crippen MR) is 85.8 cm³/mol. The first-order valence-corrected chi connectivity index (χ1v) is 7.92. The van der Waals surface area contributed by atoms with Gasteiger partial charge in [-0.15, -0.1) is 0 Å². The Bertz CT molecular complexity index is 640. The monoisotopic (exact) mass is 381 g/mol. The predicted octanol–water partition coefficient (Wildman–Crippen LogP) is 2.48. The third kappa shape index (κ3) is 4.74. The number of imide groups is 1. The SMILES string of the molecule is CCOC(=O)/C(=C/c1cccc(Br)c1)CON1C(=O)CCC1=O. The smallest absolute Gasteiger partial charge is 0.336 e. The molecule has 1 aromatic carbocycles. The number of nitrogens with zero attached hydrogens (tertiary/aromatic N) is 1. The average Bonchev–Trinajstić information content (AvgIpc) is 2.83. The first-order chi connectivity index (χ1) is 11.0. The lowest BCUT2D eigenvalue weighted by Crippen LogP contribution is -2.31. The van der Waals surface area contributed by atoms with Gasteiger partial charge in [-0.25, -0.2) is 4.79 Å². The van der Waals surface area contributed by atoms with E-state index in [0.717, 1.165) is 10.0 Å². The lowest BCUT2D eigenvalue weighted by Gasteiger charge is -2.14. The highest BCUT2D eigenvalue weighted by Crippen LogP contribution is 2.17. The quantitative estimate of drug-likeness (QED) is 0.430. The summed E-state index contributed by atoms with van der Waals surface area (Å²) in [5.74, 6) is -1.35. The van der Waals surface area contributed by atoms with E-state index in [4.69, 9.17) is 9.57 Å². The zero-order valence-electron chi connectivity index (χ0n) is 12.6. The van der Waals surface area contributed by atoms with Gasteiger partial charge in [0.2, 0.25) is 0 Å². The first-order valence-electron chi connectivity index (χ1n) is 7.13. The molecule has 1 aliphatic rings. The van der Waals surface area contributed by atoms with Crippen LogP contribution in [0.5, 0.6) is 0 Å². The summed E-state index contributed by atoms with van der Waals surface area (Å²) in [6.45, 7) is 1.70. The molecule has 0 aliphatic carbocycles. The molecule has 1 fully saturated rings. The van der Waals surface area contributed by atoms with Gasteiger partial charge in [0.15, 0.2) is 0 Å². The molecule has 1 heterocycles. The molecule has 0 unspecified atom stereocenters. The number of carbonyl (C=O) groups excluding carboxylic acids is 3. The van der Waals surface area contributed by atoms with Crippen LogP contribution in [0.25, 0.3) is 6.08 Å². The second kappa shape index (κ2) is 8.03. The van der Waals surface area contributed by atoms with E-state index < -0.39 is 17.8 Å². The largest absolute Gasteiger partial charge is 0.463 e. The molecule has 0 bridgehead atoms. The van der Waals surface area contributed by atoms with Crippen LogP contribution in [0.15, 0.2) is 34.3 Å². The van der Waals surface area contributed by atoms with Crippen molar-refractivity contribution >= 4 is 39.8 Å². The zero-order valence-corrected chi connectivity index (χ0v) is 14.2. The molecule has 23 heavy (non-hydrogen) atoms. The number of halogens is 1. The Morgan fingerprint density at radius 3 is 2.61 bits per heavy atom. The van der Waals surface area contributed by atoms with Gasteiger partial charge in [-0.05, 0) is 30.7 Å². The molecule has 122 valence electrons. The van der Waals surface area contributed by atoms with Gasteiger partial charge in [0.05, 0.1) is 12.2 Å². The fraction of sp³-hybridized carbons (Fsp3) is 0.312. The van der Waals surface area contributed by atoms with Gasteiger partial charge < -0.3 is 4.74 Å². The molecule has 0 radical (unpaired) electrons. The Hall–Kier alpha value is -1.99. The highest BCUT2D eigenvalue weighted by molar-refractivity contribution is 9.10. The van der Waals surface area contributed by atoms with Gasteiger partial charge in [-0.2, -0.15) is 5.06 Å². The minimum Gasteiger partial charge on any atom is -0.463 e. The summed E-state index contributed by atoms with van der Waals surface area (Å²) in [4.78, 5) is 40.3. The van der Waals surface area contributed by atoms with Gasteiger partial charge in [-0.1, -0.05) is 28.1 Å². The lowest BCUT2D eigenvalue weighted by atomic mass is 10.1. The highest BCUT2D eigenvalue weighted by Gasteiger charge is 2.30. The third-order valence-corrected chi connectivity index (χ3v) is 3.58. The van der Waals surface area contributed by atoms with Crippen molar-refractivity contribution in [1.82, 2.24) is 5.06 Å². The summed E-state index contributed by atoms with van der Waals surface area (Å²) in [6, 6.07) is 7.33. The molecule has 0 N–H and O–H groups in total. The summed E-state index contributed by atoms with van der Waals surface area (Å²) in [6.07, 6.45) is 1.86. The summed E-state index contributed by atoms with van der Waals surface area (Å²) < 4.78 is 5.85. The number of rotatable bonds is 6. The van der Waals surface area contributed by atoms with Gasteiger partial charge in [0.1, 0.15) is 6.61 Å². The Morgan fingerprint density at radius 2 is 2.00 bits per heavy atom. The minimum absolute atomic E-state index is 0.128. The van der Waals surface area contributed by atoms with Crippen molar-refractivity contribution in [1.29, 1.82) is 0 Å². The Labute approximate surface area is 142 Å². The molecule has 6 nitrogen and oxygen atoms in total. The number of esters is 1. The van der Waals surface area contributed by atoms with Gasteiger partial charge in [-0.3, -0.25) is 14.4 Å².